The van der Waals surface area contributed by atoms with Gasteiger partial charge in [0.25, 0.3) is 0 Å². The number of amides is 1. The second kappa shape index (κ2) is 6.18. The predicted molar refractivity (Wildman–Crippen MR) is 73.3 cm³/mol. The number of hydrogen-bond acceptors (Lipinski definition) is 2. The van der Waals surface area contributed by atoms with Crippen LogP contribution in [0.3, 0.4) is 0 Å². The zero-order valence-corrected chi connectivity index (χ0v) is 11.7. The first kappa shape index (κ1) is 13.4. The molecule has 0 aliphatic heterocycles. The summed E-state index contributed by atoms with van der Waals surface area (Å²) in [6.45, 7) is 3.54. The average Bonchev–Trinajstić information content (AvgIpc) is 2.22. The van der Waals surface area contributed by atoms with Crippen molar-refractivity contribution in [3.63, 3.8) is 0 Å². The molecule has 0 radical (unpaired) electrons. The molecule has 86 valence electrons. The summed E-state index contributed by atoms with van der Waals surface area (Å²) in [5, 5.41) is 2.74. The molecule has 0 heterocycles. The van der Waals surface area contributed by atoms with Crippen LogP contribution < -0.4 is 11.1 Å². The van der Waals surface area contributed by atoms with Gasteiger partial charge < -0.3 is 11.1 Å². The van der Waals surface area contributed by atoms with Gasteiger partial charge in [-0.2, -0.15) is 0 Å². The van der Waals surface area contributed by atoms with Crippen LogP contribution in [0, 0.1) is 0 Å². The molecule has 1 rings (SSSR count). The lowest BCUT2D eigenvalue weighted by Crippen LogP contribution is -2.35. The van der Waals surface area contributed by atoms with Crippen LogP contribution in [0.1, 0.15) is 6.42 Å². The van der Waals surface area contributed by atoms with Gasteiger partial charge in [-0.15, -0.1) is 6.58 Å². The van der Waals surface area contributed by atoms with Crippen LogP contribution in [0.4, 0.5) is 5.69 Å². The van der Waals surface area contributed by atoms with Gasteiger partial charge >= 0.3 is 0 Å². The minimum Gasteiger partial charge on any atom is -0.324 e. The minimum atomic E-state index is -0.562. The fraction of sp³-hybridized carbons (Fsp3) is 0.182. The van der Waals surface area contributed by atoms with E-state index in [9.17, 15) is 4.79 Å². The van der Waals surface area contributed by atoms with Crippen LogP contribution in [0.25, 0.3) is 0 Å². The molecule has 3 nitrogen and oxygen atoms in total. The maximum Gasteiger partial charge on any atom is 0.241 e. The molecule has 1 aromatic carbocycles. The molecule has 0 fully saturated rings. The van der Waals surface area contributed by atoms with E-state index in [1.807, 2.05) is 12.1 Å². The van der Waals surface area contributed by atoms with E-state index in [-0.39, 0.29) is 5.91 Å². The molecule has 0 aliphatic rings. The molecular formula is C11H12Br2N2O. The van der Waals surface area contributed by atoms with Crippen molar-refractivity contribution in [2.75, 3.05) is 5.32 Å². The monoisotopic (exact) mass is 346 g/mol. The first-order valence-electron chi connectivity index (χ1n) is 4.67. The number of hydrogen-bond donors (Lipinski definition) is 2. The maximum atomic E-state index is 11.6. The second-order valence-corrected chi connectivity index (χ2v) is 5.01. The quantitative estimate of drug-likeness (QED) is 0.822. The summed E-state index contributed by atoms with van der Waals surface area (Å²) in [5.41, 5.74) is 6.35. The Morgan fingerprint density at radius 1 is 1.56 bits per heavy atom. The highest BCUT2D eigenvalue weighted by atomic mass is 79.9. The lowest BCUT2D eigenvalue weighted by Gasteiger charge is -2.11. The summed E-state index contributed by atoms with van der Waals surface area (Å²) < 4.78 is 1.74. The Hall–Kier alpha value is -0.650. The summed E-state index contributed by atoms with van der Waals surface area (Å²) in [7, 11) is 0. The molecule has 16 heavy (non-hydrogen) atoms. The van der Waals surface area contributed by atoms with Crippen LogP contribution in [-0.2, 0) is 4.79 Å². The summed E-state index contributed by atoms with van der Waals surface area (Å²) in [4.78, 5) is 11.6. The van der Waals surface area contributed by atoms with Crippen molar-refractivity contribution in [2.24, 2.45) is 5.73 Å². The van der Waals surface area contributed by atoms with Gasteiger partial charge in [0.05, 0.1) is 11.7 Å². The molecule has 0 spiro atoms. The Morgan fingerprint density at radius 3 is 2.81 bits per heavy atom. The summed E-state index contributed by atoms with van der Waals surface area (Å²) >= 11 is 6.69. The lowest BCUT2D eigenvalue weighted by molar-refractivity contribution is -0.117. The van der Waals surface area contributed by atoms with Crippen LogP contribution in [0.2, 0.25) is 0 Å². The Morgan fingerprint density at radius 2 is 2.25 bits per heavy atom. The molecule has 0 aliphatic carbocycles. The molecule has 1 amide bonds. The van der Waals surface area contributed by atoms with Crippen molar-refractivity contribution in [1.82, 2.24) is 0 Å². The third-order valence-corrected chi connectivity index (χ3v) is 3.10. The van der Waals surface area contributed by atoms with Crippen molar-refractivity contribution in [3.8, 4) is 0 Å². The van der Waals surface area contributed by atoms with Gasteiger partial charge in [0, 0.05) is 8.95 Å². The molecule has 1 unspecified atom stereocenters. The maximum absolute atomic E-state index is 11.6. The molecular weight excluding hydrogens is 336 g/mol. The van der Waals surface area contributed by atoms with Crippen molar-refractivity contribution in [3.05, 3.63) is 39.8 Å². The van der Waals surface area contributed by atoms with Gasteiger partial charge in [-0.25, -0.2) is 0 Å². The third kappa shape index (κ3) is 3.73. The molecule has 1 atom stereocenters. The average molecular weight is 348 g/mol. The zero-order valence-electron chi connectivity index (χ0n) is 8.54. The van der Waals surface area contributed by atoms with Crippen LogP contribution in [0.15, 0.2) is 39.8 Å². The van der Waals surface area contributed by atoms with Crippen molar-refractivity contribution in [1.29, 1.82) is 0 Å². The molecule has 0 saturated heterocycles. The highest BCUT2D eigenvalue weighted by Gasteiger charge is 2.12. The Balaban J connectivity index is 2.73. The van der Waals surface area contributed by atoms with Crippen molar-refractivity contribution < 1.29 is 4.79 Å². The number of rotatable bonds is 4. The molecule has 1 aromatic rings. The number of nitrogens with one attached hydrogen (secondary N) is 1. The number of anilines is 1. The van der Waals surface area contributed by atoms with E-state index in [4.69, 9.17) is 5.73 Å². The molecule has 0 bridgehead atoms. The fourth-order valence-electron chi connectivity index (χ4n) is 1.10. The topological polar surface area (TPSA) is 55.1 Å². The van der Waals surface area contributed by atoms with E-state index in [0.29, 0.717) is 12.1 Å². The predicted octanol–water partition coefficient (Wildman–Crippen LogP) is 3.05. The van der Waals surface area contributed by atoms with Gasteiger partial charge in [-0.3, -0.25) is 4.79 Å². The Labute approximate surface area is 111 Å². The highest BCUT2D eigenvalue weighted by molar-refractivity contribution is 9.11. The van der Waals surface area contributed by atoms with E-state index in [0.717, 1.165) is 8.95 Å². The number of halogens is 2. The number of benzene rings is 1. The molecule has 3 N–H and O–H groups in total. The SMILES string of the molecule is C=CCC(N)C(=O)Nc1ccc(Br)cc1Br. The highest BCUT2D eigenvalue weighted by Crippen LogP contribution is 2.26. The molecule has 0 aromatic heterocycles. The lowest BCUT2D eigenvalue weighted by atomic mass is 10.2. The van der Waals surface area contributed by atoms with E-state index in [1.165, 1.54) is 0 Å². The van der Waals surface area contributed by atoms with E-state index in [2.05, 4.69) is 43.8 Å². The second-order valence-electron chi connectivity index (χ2n) is 3.24. The molecule has 5 heteroatoms. The summed E-state index contributed by atoms with van der Waals surface area (Å²) in [6, 6.07) is 4.94. The van der Waals surface area contributed by atoms with E-state index >= 15 is 0 Å². The third-order valence-electron chi connectivity index (χ3n) is 1.95. The van der Waals surface area contributed by atoms with Crippen LogP contribution in [0.5, 0.6) is 0 Å². The van der Waals surface area contributed by atoms with Crippen LogP contribution in [-0.4, -0.2) is 11.9 Å². The van der Waals surface area contributed by atoms with Crippen LogP contribution >= 0.6 is 31.9 Å². The number of nitrogens with two attached hydrogens (primary N) is 1. The smallest absolute Gasteiger partial charge is 0.241 e. The summed E-state index contributed by atoms with van der Waals surface area (Å²) in [6.07, 6.45) is 2.08. The van der Waals surface area contributed by atoms with Gasteiger partial charge in [0.1, 0.15) is 0 Å². The number of carbonyl (C=O) groups is 1. The Bertz CT molecular complexity index is 407. The zero-order chi connectivity index (χ0) is 12.1. The number of carbonyl (C=O) groups excluding carboxylic acids is 1. The Kier molecular flexibility index (Phi) is 5.18. The summed E-state index contributed by atoms with van der Waals surface area (Å²) in [5.74, 6) is -0.220. The van der Waals surface area contributed by atoms with Gasteiger partial charge in [0.15, 0.2) is 0 Å². The van der Waals surface area contributed by atoms with E-state index in [1.54, 1.807) is 12.1 Å². The molecule has 0 saturated carbocycles. The first-order chi connectivity index (χ1) is 7.54. The van der Waals surface area contributed by atoms with Crippen molar-refractivity contribution in [2.45, 2.75) is 12.5 Å². The van der Waals surface area contributed by atoms with Gasteiger partial charge in [-0.05, 0) is 40.5 Å². The fourth-order valence-corrected chi connectivity index (χ4v) is 2.25. The van der Waals surface area contributed by atoms with Gasteiger partial charge in [-0.1, -0.05) is 22.0 Å². The van der Waals surface area contributed by atoms with E-state index < -0.39 is 6.04 Å². The van der Waals surface area contributed by atoms with Crippen molar-refractivity contribution >= 4 is 43.5 Å². The normalized spacial score (nSPS) is 11.9. The first-order valence-corrected chi connectivity index (χ1v) is 6.25. The minimum absolute atomic E-state index is 0.220. The van der Waals surface area contributed by atoms with Gasteiger partial charge in [0.2, 0.25) is 5.91 Å². The largest absolute Gasteiger partial charge is 0.324 e. The standard InChI is InChI=1S/C11H12Br2N2O/c1-2-3-9(14)11(16)15-10-5-4-7(12)6-8(10)13/h2,4-6,9H,1,3,14H2,(H,15,16).